The average molecular weight is 257 g/mol. The Hall–Kier alpha value is -1.05. The molecule has 1 unspecified atom stereocenters. The molecule has 18 heavy (non-hydrogen) atoms. The normalized spacial score (nSPS) is 13.2. The van der Waals surface area contributed by atoms with Crippen molar-refractivity contribution in [2.45, 2.75) is 33.0 Å². The van der Waals surface area contributed by atoms with Crippen molar-refractivity contribution in [3.05, 3.63) is 5.82 Å². The Morgan fingerprint density at radius 2 is 2.11 bits per heavy atom. The van der Waals surface area contributed by atoms with E-state index in [1.807, 2.05) is 0 Å². The van der Waals surface area contributed by atoms with E-state index in [9.17, 15) is 0 Å². The van der Waals surface area contributed by atoms with Crippen LogP contribution in [0.3, 0.4) is 0 Å². The number of nitrogens with one attached hydrogen (secondary N) is 1. The summed E-state index contributed by atoms with van der Waals surface area (Å²) >= 11 is 0. The van der Waals surface area contributed by atoms with E-state index in [1.165, 1.54) is 0 Å². The molecule has 0 radical (unpaired) electrons. The molecule has 1 heterocycles. The van der Waals surface area contributed by atoms with Gasteiger partial charge in [-0.15, -0.1) is 5.10 Å². The molecule has 0 bridgehead atoms. The summed E-state index contributed by atoms with van der Waals surface area (Å²) in [5.74, 6) is 1.42. The zero-order chi connectivity index (χ0) is 13.4. The lowest BCUT2D eigenvalue weighted by molar-refractivity contribution is 0.0155. The topological polar surface area (TPSA) is 74.1 Å². The number of methoxy groups -OCH3 is 2. The van der Waals surface area contributed by atoms with Gasteiger partial charge < -0.3 is 14.8 Å². The van der Waals surface area contributed by atoms with Crippen LogP contribution in [0.25, 0.3) is 0 Å². The molecule has 1 aromatic rings. The second-order valence-corrected chi connectivity index (χ2v) is 4.62. The highest BCUT2D eigenvalue weighted by atomic mass is 16.5. The average Bonchev–Trinajstić information content (AvgIpc) is 2.75. The highest BCUT2D eigenvalue weighted by molar-refractivity contribution is 4.81. The third-order valence-electron chi connectivity index (χ3n) is 2.50. The predicted molar refractivity (Wildman–Crippen MR) is 67.0 cm³/mol. The maximum atomic E-state index is 5.30. The molecule has 1 N–H and O–H groups in total. The molecule has 0 saturated heterocycles. The molecule has 1 atom stereocenters. The quantitative estimate of drug-likeness (QED) is 0.675. The molecule has 1 rings (SSSR count). The van der Waals surface area contributed by atoms with Crippen molar-refractivity contribution in [2.75, 3.05) is 27.4 Å². The van der Waals surface area contributed by atoms with Crippen LogP contribution in [0.2, 0.25) is 0 Å². The zero-order valence-corrected chi connectivity index (χ0v) is 11.6. The van der Waals surface area contributed by atoms with Crippen LogP contribution in [-0.2, 0) is 22.6 Å². The van der Waals surface area contributed by atoms with Gasteiger partial charge in [0.1, 0.15) is 6.10 Å². The fraction of sp³-hybridized carbons (Fsp3) is 0.909. The molecule has 0 fully saturated rings. The molecule has 7 nitrogen and oxygen atoms in total. The van der Waals surface area contributed by atoms with Gasteiger partial charge in [0.05, 0.1) is 19.7 Å². The van der Waals surface area contributed by atoms with Gasteiger partial charge in [0.15, 0.2) is 5.82 Å². The van der Waals surface area contributed by atoms with Crippen LogP contribution >= 0.6 is 0 Å². The highest BCUT2D eigenvalue weighted by Gasteiger charge is 2.12. The van der Waals surface area contributed by atoms with Gasteiger partial charge in [-0.1, -0.05) is 13.8 Å². The SMILES string of the molecule is COCC(Cn1nnnc1CNCC(C)C)OC. The summed E-state index contributed by atoms with van der Waals surface area (Å²) in [7, 11) is 3.31. The monoisotopic (exact) mass is 257 g/mol. The van der Waals surface area contributed by atoms with Crippen LogP contribution in [0.5, 0.6) is 0 Å². The summed E-state index contributed by atoms with van der Waals surface area (Å²) < 4.78 is 12.1. The lowest BCUT2D eigenvalue weighted by atomic mass is 10.2. The van der Waals surface area contributed by atoms with Gasteiger partial charge in [0.2, 0.25) is 0 Å². The molecule has 0 aliphatic heterocycles. The molecular formula is C11H23N5O2. The smallest absolute Gasteiger partial charge is 0.165 e. The van der Waals surface area contributed by atoms with Crippen molar-refractivity contribution in [1.82, 2.24) is 25.5 Å². The molecule has 0 saturated carbocycles. The van der Waals surface area contributed by atoms with E-state index in [-0.39, 0.29) is 6.10 Å². The molecule has 7 heteroatoms. The Morgan fingerprint density at radius 3 is 2.72 bits per heavy atom. The molecular weight excluding hydrogens is 234 g/mol. The van der Waals surface area contributed by atoms with Gasteiger partial charge in [-0.05, 0) is 22.9 Å². The molecule has 0 aromatic carbocycles. The molecule has 0 aliphatic rings. The van der Waals surface area contributed by atoms with E-state index in [4.69, 9.17) is 9.47 Å². The largest absolute Gasteiger partial charge is 0.382 e. The minimum Gasteiger partial charge on any atom is -0.382 e. The summed E-state index contributed by atoms with van der Waals surface area (Å²) in [5.41, 5.74) is 0. The Morgan fingerprint density at radius 1 is 1.33 bits per heavy atom. The number of ether oxygens (including phenoxy) is 2. The number of aromatic nitrogens is 4. The minimum atomic E-state index is -0.0395. The van der Waals surface area contributed by atoms with Gasteiger partial charge in [0.25, 0.3) is 0 Å². The van der Waals surface area contributed by atoms with Crippen LogP contribution in [0, 0.1) is 5.92 Å². The van der Waals surface area contributed by atoms with Gasteiger partial charge in [-0.25, -0.2) is 4.68 Å². The minimum absolute atomic E-state index is 0.0395. The van der Waals surface area contributed by atoms with E-state index in [0.717, 1.165) is 12.4 Å². The van der Waals surface area contributed by atoms with E-state index in [0.29, 0.717) is 25.6 Å². The highest BCUT2D eigenvalue weighted by Crippen LogP contribution is 1.99. The van der Waals surface area contributed by atoms with Crippen molar-refractivity contribution < 1.29 is 9.47 Å². The molecule has 104 valence electrons. The number of tetrazole rings is 1. The van der Waals surface area contributed by atoms with Crippen LogP contribution < -0.4 is 5.32 Å². The Balaban J connectivity index is 2.48. The summed E-state index contributed by atoms with van der Waals surface area (Å²) in [6, 6.07) is 0. The first-order chi connectivity index (χ1) is 8.67. The van der Waals surface area contributed by atoms with Crippen molar-refractivity contribution in [2.24, 2.45) is 5.92 Å². The number of hydrogen-bond donors (Lipinski definition) is 1. The second kappa shape index (κ2) is 8.12. The Kier molecular flexibility index (Phi) is 6.77. The van der Waals surface area contributed by atoms with Crippen molar-refractivity contribution in [1.29, 1.82) is 0 Å². The Bertz CT molecular complexity index is 329. The maximum Gasteiger partial charge on any atom is 0.165 e. The summed E-state index contributed by atoms with van der Waals surface area (Å²) in [6.07, 6.45) is -0.0395. The predicted octanol–water partition coefficient (Wildman–Crippen LogP) is 0.0801. The maximum absolute atomic E-state index is 5.30. The Labute approximate surface area is 108 Å². The van der Waals surface area contributed by atoms with Crippen LogP contribution in [0.4, 0.5) is 0 Å². The first-order valence-corrected chi connectivity index (χ1v) is 6.14. The van der Waals surface area contributed by atoms with Crippen molar-refractivity contribution in [3.8, 4) is 0 Å². The van der Waals surface area contributed by atoms with Crippen LogP contribution in [0.1, 0.15) is 19.7 Å². The van der Waals surface area contributed by atoms with Gasteiger partial charge in [-0.3, -0.25) is 0 Å². The number of hydrogen-bond acceptors (Lipinski definition) is 6. The third-order valence-corrected chi connectivity index (χ3v) is 2.50. The van der Waals surface area contributed by atoms with Gasteiger partial charge in [0, 0.05) is 14.2 Å². The lowest BCUT2D eigenvalue weighted by Crippen LogP contribution is -2.27. The first kappa shape index (κ1) is 15.0. The van der Waals surface area contributed by atoms with Gasteiger partial charge >= 0.3 is 0 Å². The van der Waals surface area contributed by atoms with Crippen molar-refractivity contribution >= 4 is 0 Å². The summed E-state index contributed by atoms with van der Waals surface area (Å²) in [5, 5.41) is 15.0. The molecule has 0 spiro atoms. The number of nitrogens with zero attached hydrogens (tertiary/aromatic N) is 4. The standard InChI is InChI=1S/C11H23N5O2/c1-9(2)5-12-6-11-13-14-15-16(11)7-10(18-4)8-17-3/h9-10,12H,5-8H2,1-4H3. The van der Waals surface area contributed by atoms with Crippen molar-refractivity contribution in [3.63, 3.8) is 0 Å². The summed E-state index contributed by atoms with van der Waals surface area (Å²) in [4.78, 5) is 0. The third kappa shape index (κ3) is 5.07. The second-order valence-electron chi connectivity index (χ2n) is 4.62. The zero-order valence-electron chi connectivity index (χ0n) is 11.6. The van der Waals surface area contributed by atoms with E-state index in [1.54, 1.807) is 18.9 Å². The molecule has 1 aromatic heterocycles. The fourth-order valence-corrected chi connectivity index (χ4v) is 1.54. The van der Waals surface area contributed by atoms with Crippen LogP contribution in [0.15, 0.2) is 0 Å². The van der Waals surface area contributed by atoms with E-state index < -0.39 is 0 Å². The van der Waals surface area contributed by atoms with Gasteiger partial charge in [-0.2, -0.15) is 0 Å². The van der Waals surface area contributed by atoms with E-state index in [2.05, 4.69) is 34.7 Å². The molecule has 0 aliphatic carbocycles. The fourth-order valence-electron chi connectivity index (χ4n) is 1.54. The van der Waals surface area contributed by atoms with E-state index >= 15 is 0 Å². The van der Waals surface area contributed by atoms with Crippen LogP contribution in [-0.4, -0.2) is 53.7 Å². The molecule has 0 amide bonds. The summed E-state index contributed by atoms with van der Waals surface area (Å²) in [6.45, 7) is 7.05. The lowest BCUT2D eigenvalue weighted by Gasteiger charge is -2.15. The first-order valence-electron chi connectivity index (χ1n) is 6.14. The number of rotatable bonds is 9.